The SMILES string of the molecule is Cc1nnc(CN=C(NC2CCCCC2)N2CCCC2)n1C. The molecular formula is C16H28N6. The molecule has 1 N–H and O–H groups in total. The van der Waals surface area contributed by atoms with Gasteiger partial charge in [0.05, 0.1) is 0 Å². The monoisotopic (exact) mass is 304 g/mol. The quantitative estimate of drug-likeness (QED) is 0.685. The minimum absolute atomic E-state index is 0.592. The zero-order valence-corrected chi connectivity index (χ0v) is 13.9. The van der Waals surface area contributed by atoms with Gasteiger partial charge in [-0.15, -0.1) is 10.2 Å². The molecule has 1 aromatic rings. The Morgan fingerprint density at radius 2 is 1.86 bits per heavy atom. The van der Waals surface area contributed by atoms with Crippen molar-refractivity contribution in [3.05, 3.63) is 11.6 Å². The van der Waals surface area contributed by atoms with Crippen LogP contribution in [0.25, 0.3) is 0 Å². The molecular weight excluding hydrogens is 276 g/mol. The molecule has 0 spiro atoms. The number of rotatable bonds is 3. The van der Waals surface area contributed by atoms with Gasteiger partial charge in [0.1, 0.15) is 12.4 Å². The van der Waals surface area contributed by atoms with Crippen LogP contribution in [0.3, 0.4) is 0 Å². The first kappa shape index (κ1) is 15.3. The van der Waals surface area contributed by atoms with Crippen molar-refractivity contribution < 1.29 is 0 Å². The van der Waals surface area contributed by atoms with E-state index in [1.165, 1.54) is 44.9 Å². The summed E-state index contributed by atoms with van der Waals surface area (Å²) in [6.07, 6.45) is 9.15. The van der Waals surface area contributed by atoms with E-state index in [2.05, 4.69) is 20.4 Å². The normalized spacial score (nSPS) is 20.6. The minimum atomic E-state index is 0.592. The molecule has 1 aliphatic heterocycles. The molecule has 2 heterocycles. The predicted molar refractivity (Wildman–Crippen MR) is 87.7 cm³/mol. The Morgan fingerprint density at radius 1 is 1.14 bits per heavy atom. The second-order valence-corrected chi connectivity index (χ2v) is 6.54. The maximum Gasteiger partial charge on any atom is 0.194 e. The summed E-state index contributed by atoms with van der Waals surface area (Å²) in [5.74, 6) is 2.94. The van der Waals surface area contributed by atoms with Crippen molar-refractivity contribution in [1.82, 2.24) is 25.0 Å². The summed E-state index contributed by atoms with van der Waals surface area (Å²) in [6.45, 7) is 4.82. The number of hydrogen-bond acceptors (Lipinski definition) is 3. The van der Waals surface area contributed by atoms with E-state index in [0.29, 0.717) is 12.6 Å². The van der Waals surface area contributed by atoms with E-state index >= 15 is 0 Å². The molecule has 1 saturated heterocycles. The Labute approximate surface area is 133 Å². The molecule has 6 nitrogen and oxygen atoms in total. The standard InChI is InChI=1S/C16H28N6/c1-13-19-20-15(21(13)2)12-17-16(22-10-6-7-11-22)18-14-8-4-3-5-9-14/h14H,3-12H2,1-2H3,(H,17,18). The molecule has 1 aliphatic carbocycles. The van der Waals surface area contributed by atoms with Crippen molar-refractivity contribution in [2.45, 2.75) is 64.5 Å². The summed E-state index contributed by atoms with van der Waals surface area (Å²) in [6, 6.07) is 0.592. The van der Waals surface area contributed by atoms with Crippen LogP contribution in [0.15, 0.2) is 4.99 Å². The molecule has 0 bridgehead atoms. The fourth-order valence-electron chi connectivity index (χ4n) is 3.33. The highest BCUT2D eigenvalue weighted by atomic mass is 15.3. The first-order chi connectivity index (χ1) is 10.7. The van der Waals surface area contributed by atoms with Crippen molar-refractivity contribution in [2.24, 2.45) is 12.0 Å². The van der Waals surface area contributed by atoms with Gasteiger partial charge in [-0.05, 0) is 32.6 Å². The largest absolute Gasteiger partial charge is 0.353 e. The Balaban J connectivity index is 1.69. The van der Waals surface area contributed by atoms with E-state index in [9.17, 15) is 0 Å². The van der Waals surface area contributed by atoms with Gasteiger partial charge >= 0.3 is 0 Å². The van der Waals surface area contributed by atoms with Crippen LogP contribution < -0.4 is 5.32 Å². The van der Waals surface area contributed by atoms with Gasteiger partial charge < -0.3 is 14.8 Å². The van der Waals surface area contributed by atoms with Crippen LogP contribution in [-0.2, 0) is 13.6 Å². The number of hydrogen-bond donors (Lipinski definition) is 1. The third-order valence-electron chi connectivity index (χ3n) is 4.90. The molecule has 122 valence electrons. The number of aliphatic imine (C=N–C) groups is 1. The minimum Gasteiger partial charge on any atom is -0.353 e. The van der Waals surface area contributed by atoms with Crippen LogP contribution in [0.1, 0.15) is 56.6 Å². The third-order valence-corrected chi connectivity index (χ3v) is 4.90. The third kappa shape index (κ3) is 3.59. The summed E-state index contributed by atoms with van der Waals surface area (Å²) in [5.41, 5.74) is 0. The summed E-state index contributed by atoms with van der Waals surface area (Å²) in [5, 5.41) is 12.1. The second kappa shape index (κ2) is 7.11. The zero-order valence-electron chi connectivity index (χ0n) is 13.9. The lowest BCUT2D eigenvalue weighted by atomic mass is 9.96. The van der Waals surface area contributed by atoms with Gasteiger partial charge in [0.2, 0.25) is 0 Å². The molecule has 1 aromatic heterocycles. The highest BCUT2D eigenvalue weighted by Crippen LogP contribution is 2.18. The van der Waals surface area contributed by atoms with Crippen LogP contribution in [0.2, 0.25) is 0 Å². The first-order valence-electron chi connectivity index (χ1n) is 8.65. The van der Waals surface area contributed by atoms with Crippen LogP contribution in [0.4, 0.5) is 0 Å². The molecule has 2 fully saturated rings. The topological polar surface area (TPSA) is 58.3 Å². The maximum atomic E-state index is 4.85. The molecule has 0 amide bonds. The van der Waals surface area contributed by atoms with E-state index in [-0.39, 0.29) is 0 Å². The van der Waals surface area contributed by atoms with Crippen molar-refractivity contribution in [3.8, 4) is 0 Å². The van der Waals surface area contributed by atoms with E-state index in [1.54, 1.807) is 0 Å². The van der Waals surface area contributed by atoms with Gasteiger partial charge in [-0.25, -0.2) is 4.99 Å². The number of nitrogens with zero attached hydrogens (tertiary/aromatic N) is 5. The molecule has 3 rings (SSSR count). The lowest BCUT2D eigenvalue weighted by Crippen LogP contribution is -2.45. The summed E-state index contributed by atoms with van der Waals surface area (Å²) in [4.78, 5) is 7.25. The van der Waals surface area contributed by atoms with Gasteiger partial charge in [0, 0.05) is 26.2 Å². The average Bonchev–Trinajstić information content (AvgIpc) is 3.17. The molecule has 6 heteroatoms. The van der Waals surface area contributed by atoms with Crippen molar-refractivity contribution in [3.63, 3.8) is 0 Å². The van der Waals surface area contributed by atoms with Crippen molar-refractivity contribution in [2.75, 3.05) is 13.1 Å². The van der Waals surface area contributed by atoms with Crippen LogP contribution in [-0.4, -0.2) is 44.8 Å². The number of nitrogens with one attached hydrogen (secondary N) is 1. The van der Waals surface area contributed by atoms with Gasteiger partial charge in [-0.2, -0.15) is 0 Å². The summed E-state index contributed by atoms with van der Waals surface area (Å²) in [7, 11) is 2.00. The Morgan fingerprint density at radius 3 is 2.50 bits per heavy atom. The van der Waals surface area contributed by atoms with E-state index in [4.69, 9.17) is 4.99 Å². The van der Waals surface area contributed by atoms with Gasteiger partial charge in [0.15, 0.2) is 11.8 Å². The molecule has 0 atom stereocenters. The Hall–Kier alpha value is -1.59. The summed E-state index contributed by atoms with van der Waals surface area (Å²) >= 11 is 0. The van der Waals surface area contributed by atoms with Crippen molar-refractivity contribution in [1.29, 1.82) is 0 Å². The summed E-state index contributed by atoms with van der Waals surface area (Å²) < 4.78 is 2.02. The molecule has 0 unspecified atom stereocenters. The predicted octanol–water partition coefficient (Wildman–Crippen LogP) is 2.00. The average molecular weight is 304 g/mol. The highest BCUT2D eigenvalue weighted by Gasteiger charge is 2.21. The molecule has 2 aliphatic rings. The number of likely N-dealkylation sites (tertiary alicyclic amines) is 1. The maximum absolute atomic E-state index is 4.85. The van der Waals surface area contributed by atoms with Gasteiger partial charge in [-0.3, -0.25) is 0 Å². The molecule has 1 saturated carbocycles. The van der Waals surface area contributed by atoms with Crippen LogP contribution in [0, 0.1) is 6.92 Å². The zero-order chi connectivity index (χ0) is 15.4. The van der Waals surface area contributed by atoms with Crippen LogP contribution in [0.5, 0.6) is 0 Å². The number of aryl methyl sites for hydroxylation is 1. The number of aromatic nitrogens is 3. The molecule has 0 radical (unpaired) electrons. The Kier molecular flexibility index (Phi) is 4.95. The Bertz CT molecular complexity index is 509. The van der Waals surface area contributed by atoms with E-state index in [1.807, 2.05) is 18.5 Å². The number of guanidine groups is 1. The first-order valence-corrected chi connectivity index (χ1v) is 8.65. The van der Waals surface area contributed by atoms with Gasteiger partial charge in [0.25, 0.3) is 0 Å². The van der Waals surface area contributed by atoms with E-state index in [0.717, 1.165) is 30.7 Å². The fraction of sp³-hybridized carbons (Fsp3) is 0.812. The lowest BCUT2D eigenvalue weighted by Gasteiger charge is -2.29. The van der Waals surface area contributed by atoms with Crippen LogP contribution >= 0.6 is 0 Å². The second-order valence-electron chi connectivity index (χ2n) is 6.54. The van der Waals surface area contributed by atoms with Gasteiger partial charge in [-0.1, -0.05) is 19.3 Å². The lowest BCUT2D eigenvalue weighted by molar-refractivity contribution is 0.389. The smallest absolute Gasteiger partial charge is 0.194 e. The molecule has 0 aromatic carbocycles. The van der Waals surface area contributed by atoms with E-state index < -0.39 is 0 Å². The fourth-order valence-corrected chi connectivity index (χ4v) is 3.33. The van der Waals surface area contributed by atoms with Crippen molar-refractivity contribution >= 4 is 5.96 Å². The molecule has 22 heavy (non-hydrogen) atoms. The highest BCUT2D eigenvalue weighted by molar-refractivity contribution is 5.80.